The Balaban J connectivity index is 1.56. The van der Waals surface area contributed by atoms with Crippen LogP contribution in [0, 0.1) is 0 Å². The summed E-state index contributed by atoms with van der Waals surface area (Å²) in [6, 6.07) is 15.4. The second kappa shape index (κ2) is 9.84. The third kappa shape index (κ3) is 5.27. The van der Waals surface area contributed by atoms with E-state index in [4.69, 9.17) is 13.9 Å². The van der Waals surface area contributed by atoms with Crippen LogP contribution >= 0.6 is 31.9 Å². The number of hydrogen-bond donors (Lipinski definition) is 2. The van der Waals surface area contributed by atoms with Gasteiger partial charge < -0.3 is 19.2 Å². The zero-order valence-corrected chi connectivity index (χ0v) is 19.5. The summed E-state index contributed by atoms with van der Waals surface area (Å²) < 4.78 is 17.3. The lowest BCUT2D eigenvalue weighted by Crippen LogP contribution is -2.32. The molecule has 0 fully saturated rings. The van der Waals surface area contributed by atoms with Crippen LogP contribution < -0.4 is 20.2 Å². The van der Waals surface area contributed by atoms with E-state index >= 15 is 0 Å². The van der Waals surface area contributed by atoms with Crippen LogP contribution in [0.5, 0.6) is 11.5 Å². The van der Waals surface area contributed by atoms with Gasteiger partial charge in [0, 0.05) is 11.6 Å². The quantitative estimate of drug-likeness (QED) is 0.263. The highest BCUT2D eigenvalue weighted by Gasteiger charge is 2.17. The van der Waals surface area contributed by atoms with E-state index in [9.17, 15) is 9.59 Å². The molecular formula is C22H15Br2N3O5. The van der Waals surface area contributed by atoms with Gasteiger partial charge in [-0.15, -0.1) is 0 Å². The molecule has 1 aromatic heterocycles. The smallest absolute Gasteiger partial charge is 0.287 e. The van der Waals surface area contributed by atoms with E-state index < -0.39 is 11.8 Å². The molecule has 0 saturated carbocycles. The number of carbonyl (C=O) groups is 2. The Morgan fingerprint density at radius 3 is 2.53 bits per heavy atom. The number of nitrogens with one attached hydrogen (secondary N) is 2. The first kappa shape index (κ1) is 21.8. The van der Waals surface area contributed by atoms with Crippen molar-refractivity contribution in [2.24, 2.45) is 5.10 Å². The fraction of sp³-hybridized carbons (Fsp3) is 0.0455. The number of nitrogens with zero attached hydrogens (tertiary/aromatic N) is 1. The number of ether oxygens (including phenoxy) is 2. The summed E-state index contributed by atoms with van der Waals surface area (Å²) >= 11 is 6.53. The zero-order valence-electron chi connectivity index (χ0n) is 16.3. The Morgan fingerprint density at radius 2 is 1.78 bits per heavy atom. The Labute approximate surface area is 199 Å². The fourth-order valence-corrected chi connectivity index (χ4v) is 3.36. The summed E-state index contributed by atoms with van der Waals surface area (Å²) in [5.74, 6) is 0.531. The van der Waals surface area contributed by atoms with Crippen molar-refractivity contribution in [3.63, 3.8) is 0 Å². The van der Waals surface area contributed by atoms with Gasteiger partial charge in [-0.1, -0.05) is 24.3 Å². The Hall–Kier alpha value is -3.37. The standard InChI is InChI=1S/C22H15Br2N3O5/c23-16-10-15(32-20(16)24)11-25-27-22(29)17(26-21(28)14-4-2-1-3-5-14)8-13-6-7-18-19(9-13)31-12-30-18/h1-11H,12H2,(H,26,28)(H,27,29)/b17-8+,25-11-. The first-order valence-corrected chi connectivity index (χ1v) is 10.8. The summed E-state index contributed by atoms with van der Waals surface area (Å²) in [7, 11) is 0. The lowest BCUT2D eigenvalue weighted by Gasteiger charge is -2.09. The molecule has 0 bridgehead atoms. The summed E-state index contributed by atoms with van der Waals surface area (Å²) in [6.45, 7) is 0.133. The molecule has 0 spiro atoms. The first-order chi connectivity index (χ1) is 15.5. The number of amides is 2. The number of furan rings is 1. The van der Waals surface area contributed by atoms with Gasteiger partial charge in [-0.05, 0) is 67.8 Å². The molecule has 0 radical (unpaired) electrons. The van der Waals surface area contributed by atoms with Crippen LogP contribution in [-0.4, -0.2) is 24.8 Å². The number of benzene rings is 2. The van der Waals surface area contributed by atoms with Gasteiger partial charge in [0.1, 0.15) is 11.5 Å². The zero-order chi connectivity index (χ0) is 22.5. The predicted molar refractivity (Wildman–Crippen MR) is 124 cm³/mol. The van der Waals surface area contributed by atoms with Gasteiger partial charge in [-0.2, -0.15) is 5.10 Å². The number of carbonyl (C=O) groups excluding carboxylic acids is 2. The van der Waals surface area contributed by atoms with Crippen molar-refractivity contribution < 1.29 is 23.5 Å². The molecule has 1 aliphatic rings. The number of hydrazone groups is 1. The van der Waals surface area contributed by atoms with Crippen molar-refractivity contribution in [3.8, 4) is 11.5 Å². The predicted octanol–water partition coefficient (Wildman–Crippen LogP) is 4.45. The highest BCUT2D eigenvalue weighted by Crippen LogP contribution is 2.33. The Bertz CT molecular complexity index is 1200. The SMILES string of the molecule is O=C(N/N=C\c1cc(Br)c(Br)o1)/C(=C\c1ccc2c(c1)OCO2)NC(=O)c1ccccc1. The second-order valence-electron chi connectivity index (χ2n) is 6.46. The average molecular weight is 561 g/mol. The average Bonchev–Trinajstić information content (AvgIpc) is 3.39. The van der Waals surface area contributed by atoms with Gasteiger partial charge in [-0.3, -0.25) is 9.59 Å². The molecule has 32 heavy (non-hydrogen) atoms. The number of rotatable bonds is 6. The van der Waals surface area contributed by atoms with E-state index in [1.54, 1.807) is 54.6 Å². The first-order valence-electron chi connectivity index (χ1n) is 9.25. The minimum absolute atomic E-state index is 0.00308. The van der Waals surface area contributed by atoms with Crippen LogP contribution in [0.2, 0.25) is 0 Å². The van der Waals surface area contributed by atoms with Gasteiger partial charge in [0.25, 0.3) is 11.8 Å². The topological polar surface area (TPSA) is 102 Å². The van der Waals surface area contributed by atoms with E-state index in [0.717, 1.165) is 0 Å². The molecule has 2 amide bonds. The second-order valence-corrected chi connectivity index (χ2v) is 8.03. The third-order valence-corrected chi connectivity index (χ3v) is 5.97. The summed E-state index contributed by atoms with van der Waals surface area (Å²) in [5, 5.41) is 6.54. The third-order valence-electron chi connectivity index (χ3n) is 4.26. The molecule has 1 aliphatic heterocycles. The molecular weight excluding hydrogens is 546 g/mol. The Morgan fingerprint density at radius 1 is 1.00 bits per heavy atom. The molecule has 0 unspecified atom stereocenters. The molecule has 0 saturated heterocycles. The lowest BCUT2D eigenvalue weighted by molar-refractivity contribution is -0.117. The van der Waals surface area contributed by atoms with Crippen molar-refractivity contribution >= 4 is 56.0 Å². The van der Waals surface area contributed by atoms with E-state index in [1.165, 1.54) is 12.3 Å². The highest BCUT2D eigenvalue weighted by atomic mass is 79.9. The molecule has 0 atom stereocenters. The molecule has 2 aromatic carbocycles. The van der Waals surface area contributed by atoms with Gasteiger partial charge in [0.2, 0.25) is 6.79 Å². The van der Waals surface area contributed by atoms with Crippen LogP contribution in [0.3, 0.4) is 0 Å². The van der Waals surface area contributed by atoms with Crippen LogP contribution in [-0.2, 0) is 4.79 Å². The molecule has 3 aromatic rings. The van der Waals surface area contributed by atoms with E-state index in [1.807, 2.05) is 0 Å². The summed E-state index contributed by atoms with van der Waals surface area (Å²) in [6.07, 6.45) is 2.86. The van der Waals surface area contributed by atoms with Crippen molar-refractivity contribution in [1.82, 2.24) is 10.7 Å². The molecule has 2 heterocycles. The van der Waals surface area contributed by atoms with Gasteiger partial charge in [0.05, 0.1) is 10.7 Å². The van der Waals surface area contributed by atoms with Crippen molar-refractivity contribution in [2.75, 3.05) is 6.79 Å². The van der Waals surface area contributed by atoms with Gasteiger partial charge in [0.15, 0.2) is 16.2 Å². The van der Waals surface area contributed by atoms with Gasteiger partial charge in [-0.25, -0.2) is 5.43 Å². The number of fused-ring (bicyclic) bond motifs is 1. The highest BCUT2D eigenvalue weighted by molar-refractivity contribution is 9.13. The molecule has 2 N–H and O–H groups in total. The number of halogens is 2. The van der Waals surface area contributed by atoms with Crippen LogP contribution in [0.4, 0.5) is 0 Å². The molecule has 4 rings (SSSR count). The minimum atomic E-state index is -0.618. The molecule has 162 valence electrons. The molecule has 0 aliphatic carbocycles. The monoisotopic (exact) mass is 559 g/mol. The van der Waals surface area contributed by atoms with Crippen molar-refractivity contribution in [2.45, 2.75) is 0 Å². The van der Waals surface area contributed by atoms with E-state index in [2.05, 4.69) is 47.7 Å². The fourth-order valence-electron chi connectivity index (χ4n) is 2.75. The number of hydrogen-bond acceptors (Lipinski definition) is 6. The maximum absolute atomic E-state index is 12.8. The maximum atomic E-state index is 12.8. The normalized spacial score (nSPS) is 12.8. The molecule has 10 heteroatoms. The van der Waals surface area contributed by atoms with Crippen molar-refractivity contribution in [3.05, 3.63) is 86.3 Å². The van der Waals surface area contributed by atoms with Crippen LogP contribution in [0.15, 0.2) is 79.0 Å². The van der Waals surface area contributed by atoms with Crippen LogP contribution in [0.1, 0.15) is 21.7 Å². The van der Waals surface area contributed by atoms with Crippen molar-refractivity contribution in [1.29, 1.82) is 0 Å². The van der Waals surface area contributed by atoms with Crippen LogP contribution in [0.25, 0.3) is 6.08 Å². The maximum Gasteiger partial charge on any atom is 0.287 e. The Kier molecular flexibility index (Phi) is 6.72. The summed E-state index contributed by atoms with van der Waals surface area (Å²) in [4.78, 5) is 25.4. The largest absolute Gasteiger partial charge is 0.454 e. The lowest BCUT2D eigenvalue weighted by atomic mass is 10.1. The van der Waals surface area contributed by atoms with Gasteiger partial charge >= 0.3 is 0 Å². The molecule has 8 nitrogen and oxygen atoms in total. The minimum Gasteiger partial charge on any atom is -0.454 e. The summed E-state index contributed by atoms with van der Waals surface area (Å²) in [5.41, 5.74) is 3.43. The van der Waals surface area contributed by atoms with E-state index in [0.29, 0.717) is 37.5 Å². The van der Waals surface area contributed by atoms with E-state index in [-0.39, 0.29) is 12.5 Å².